The van der Waals surface area contributed by atoms with Crippen molar-refractivity contribution in [3.63, 3.8) is 0 Å². The van der Waals surface area contributed by atoms with Crippen LogP contribution in [0.5, 0.6) is 11.5 Å². The highest BCUT2D eigenvalue weighted by Gasteiger charge is 2.48. The van der Waals surface area contributed by atoms with Crippen molar-refractivity contribution < 1.29 is 23.0 Å². The van der Waals surface area contributed by atoms with Crippen molar-refractivity contribution in [2.24, 2.45) is 16.1 Å². The third-order valence-electron chi connectivity index (χ3n) is 6.90. The normalized spacial score (nSPS) is 21.7. The monoisotopic (exact) mass is 463 g/mol. The van der Waals surface area contributed by atoms with E-state index in [4.69, 9.17) is 19.9 Å². The number of ether oxygens (including phenoxy) is 3. The molecule has 1 atom stereocenters. The Kier molecular flexibility index (Phi) is 4.64. The summed E-state index contributed by atoms with van der Waals surface area (Å²) in [7, 11) is 0. The number of fused-ring (bicyclic) bond motifs is 4. The standard InChI is InChI=1S/C26H23F2N3O3/c1-25(12-32-13-25)7-6-15-9-19-22(20(27)10-15)34-21-5-4-16(17-3-2-8-30-23(17)28)11-18(21)26(19)14-33-24(29)31-26/h2-5,8-11H,6-7,12-14H2,1H3,(H2,29,31)/t26-/m0/s1. The Morgan fingerprint density at radius 1 is 1.06 bits per heavy atom. The largest absolute Gasteiger partial charge is 0.462 e. The zero-order chi connectivity index (χ0) is 23.5. The third-order valence-corrected chi connectivity index (χ3v) is 6.90. The summed E-state index contributed by atoms with van der Waals surface area (Å²) in [4.78, 5) is 8.39. The summed E-state index contributed by atoms with van der Waals surface area (Å²) in [5.41, 5.74) is 7.94. The van der Waals surface area contributed by atoms with Crippen LogP contribution in [0.4, 0.5) is 8.78 Å². The molecule has 1 aromatic heterocycles. The molecule has 4 heterocycles. The van der Waals surface area contributed by atoms with E-state index in [1.807, 2.05) is 6.07 Å². The summed E-state index contributed by atoms with van der Waals surface area (Å²) in [5.74, 6) is -0.512. The molecule has 3 aliphatic heterocycles. The van der Waals surface area contributed by atoms with Gasteiger partial charge in [-0.2, -0.15) is 4.39 Å². The van der Waals surface area contributed by atoms with Gasteiger partial charge >= 0.3 is 0 Å². The Morgan fingerprint density at radius 3 is 2.62 bits per heavy atom. The number of pyridine rings is 1. The van der Waals surface area contributed by atoms with E-state index in [-0.39, 0.29) is 23.8 Å². The lowest BCUT2D eigenvalue weighted by Crippen LogP contribution is -2.40. The molecular formula is C26H23F2N3O3. The molecule has 2 aromatic carbocycles. The van der Waals surface area contributed by atoms with Crippen molar-refractivity contribution in [1.29, 1.82) is 0 Å². The van der Waals surface area contributed by atoms with Gasteiger partial charge in [0.1, 0.15) is 12.4 Å². The number of aliphatic imine (C=N–C) groups is 1. The van der Waals surface area contributed by atoms with Crippen molar-refractivity contribution in [3.8, 4) is 22.6 Å². The molecule has 0 amide bonds. The lowest BCUT2D eigenvalue weighted by molar-refractivity contribution is -0.105. The number of amidine groups is 1. The number of rotatable bonds is 4. The maximum absolute atomic E-state index is 15.3. The second-order valence-electron chi connectivity index (χ2n) is 9.51. The van der Waals surface area contributed by atoms with Gasteiger partial charge in [0, 0.05) is 28.3 Å². The minimum atomic E-state index is -1.10. The lowest BCUT2D eigenvalue weighted by atomic mass is 9.78. The molecule has 174 valence electrons. The van der Waals surface area contributed by atoms with E-state index in [2.05, 4.69) is 16.9 Å². The van der Waals surface area contributed by atoms with Crippen molar-refractivity contribution in [2.45, 2.75) is 25.3 Å². The summed E-state index contributed by atoms with van der Waals surface area (Å²) in [6, 6.07) is 12.0. The molecule has 8 heteroatoms. The maximum atomic E-state index is 15.3. The van der Waals surface area contributed by atoms with Gasteiger partial charge in [0.15, 0.2) is 17.1 Å². The van der Waals surface area contributed by atoms with Crippen molar-refractivity contribution in [2.75, 3.05) is 19.8 Å². The molecule has 34 heavy (non-hydrogen) atoms. The number of halogens is 2. The summed E-state index contributed by atoms with van der Waals surface area (Å²) in [6.45, 7) is 3.68. The van der Waals surface area contributed by atoms with E-state index in [1.54, 1.807) is 30.3 Å². The number of nitrogens with zero attached hydrogens (tertiary/aromatic N) is 2. The SMILES string of the molecule is CC1(CCc2cc(F)c3c(c2)[C@]2(COC(N)=N2)c2cc(-c4cccnc4F)ccc2O3)COC1. The number of hydrogen-bond donors (Lipinski definition) is 1. The number of benzene rings is 2. The minimum Gasteiger partial charge on any atom is -0.462 e. The first-order valence-corrected chi connectivity index (χ1v) is 11.2. The van der Waals surface area contributed by atoms with Crippen LogP contribution < -0.4 is 10.5 Å². The van der Waals surface area contributed by atoms with Gasteiger partial charge in [0.25, 0.3) is 6.02 Å². The van der Waals surface area contributed by atoms with Gasteiger partial charge in [-0.3, -0.25) is 0 Å². The first-order chi connectivity index (χ1) is 16.4. The number of nitrogens with two attached hydrogens (primary N) is 1. The Labute approximate surface area is 195 Å². The first-order valence-electron chi connectivity index (χ1n) is 11.2. The van der Waals surface area contributed by atoms with Crippen molar-refractivity contribution in [3.05, 3.63) is 77.1 Å². The molecule has 0 bridgehead atoms. The van der Waals surface area contributed by atoms with Gasteiger partial charge in [-0.25, -0.2) is 14.4 Å². The van der Waals surface area contributed by atoms with Gasteiger partial charge in [0.2, 0.25) is 5.95 Å². The number of hydrogen-bond acceptors (Lipinski definition) is 6. The van der Waals surface area contributed by atoms with Crippen LogP contribution in [0, 0.1) is 17.2 Å². The minimum absolute atomic E-state index is 0.0155. The van der Waals surface area contributed by atoms with Crippen LogP contribution in [0.15, 0.2) is 53.7 Å². The third kappa shape index (κ3) is 3.24. The molecule has 3 aliphatic rings. The Hall–Kier alpha value is -3.52. The van der Waals surface area contributed by atoms with E-state index in [0.29, 0.717) is 47.6 Å². The first kappa shape index (κ1) is 21.0. The summed E-state index contributed by atoms with van der Waals surface area (Å²) in [5, 5.41) is 0. The maximum Gasteiger partial charge on any atom is 0.283 e. The lowest BCUT2D eigenvalue weighted by Gasteiger charge is -2.38. The van der Waals surface area contributed by atoms with Gasteiger partial charge in [-0.15, -0.1) is 0 Å². The molecule has 0 saturated carbocycles. The van der Waals surface area contributed by atoms with Crippen LogP contribution in [0.25, 0.3) is 11.1 Å². The predicted octanol–water partition coefficient (Wildman–Crippen LogP) is 4.69. The molecule has 6 nitrogen and oxygen atoms in total. The fraction of sp³-hybridized carbons (Fsp3) is 0.308. The fourth-order valence-electron chi connectivity index (χ4n) is 4.92. The average Bonchev–Trinajstić information content (AvgIpc) is 3.20. The van der Waals surface area contributed by atoms with E-state index >= 15 is 4.39 Å². The van der Waals surface area contributed by atoms with E-state index in [1.165, 1.54) is 12.3 Å². The van der Waals surface area contributed by atoms with Gasteiger partial charge in [-0.05, 0) is 60.4 Å². The highest BCUT2D eigenvalue weighted by atomic mass is 19.1. The zero-order valence-corrected chi connectivity index (χ0v) is 18.6. The summed E-state index contributed by atoms with van der Waals surface area (Å²) >= 11 is 0. The molecule has 0 radical (unpaired) electrons. The fourth-order valence-corrected chi connectivity index (χ4v) is 4.92. The highest BCUT2D eigenvalue weighted by Crippen LogP contribution is 2.53. The van der Waals surface area contributed by atoms with Gasteiger partial charge < -0.3 is 19.9 Å². The predicted molar refractivity (Wildman–Crippen MR) is 122 cm³/mol. The van der Waals surface area contributed by atoms with Crippen LogP contribution in [0.1, 0.15) is 30.0 Å². The molecule has 1 spiro atoms. The van der Waals surface area contributed by atoms with Gasteiger partial charge in [0.05, 0.1) is 13.2 Å². The molecule has 1 saturated heterocycles. The molecule has 6 rings (SSSR count). The smallest absolute Gasteiger partial charge is 0.283 e. The quantitative estimate of drug-likeness (QED) is 0.568. The summed E-state index contributed by atoms with van der Waals surface area (Å²) in [6.07, 6.45) is 2.96. The molecule has 2 N–H and O–H groups in total. The number of aryl methyl sites for hydroxylation is 1. The zero-order valence-electron chi connectivity index (χ0n) is 18.6. The molecule has 1 fully saturated rings. The van der Waals surface area contributed by atoms with E-state index in [9.17, 15) is 4.39 Å². The van der Waals surface area contributed by atoms with Crippen LogP contribution in [0.3, 0.4) is 0 Å². The second-order valence-corrected chi connectivity index (χ2v) is 9.51. The van der Waals surface area contributed by atoms with E-state index in [0.717, 1.165) is 12.0 Å². The second kappa shape index (κ2) is 7.50. The average molecular weight is 463 g/mol. The molecule has 3 aromatic rings. The van der Waals surface area contributed by atoms with Crippen molar-refractivity contribution in [1.82, 2.24) is 4.98 Å². The summed E-state index contributed by atoms with van der Waals surface area (Å²) < 4.78 is 46.7. The topological polar surface area (TPSA) is 79.0 Å². The number of aromatic nitrogens is 1. The Balaban J connectivity index is 1.47. The van der Waals surface area contributed by atoms with Gasteiger partial charge in [-0.1, -0.05) is 13.0 Å². The van der Waals surface area contributed by atoms with Crippen LogP contribution in [-0.4, -0.2) is 30.8 Å². The Morgan fingerprint density at radius 2 is 1.91 bits per heavy atom. The molecule has 0 unspecified atom stereocenters. The van der Waals surface area contributed by atoms with E-state index < -0.39 is 17.3 Å². The van der Waals surface area contributed by atoms with Crippen LogP contribution in [-0.2, 0) is 21.4 Å². The van der Waals surface area contributed by atoms with Crippen molar-refractivity contribution >= 4 is 6.02 Å². The molecule has 0 aliphatic carbocycles. The highest BCUT2D eigenvalue weighted by molar-refractivity contribution is 5.78. The van der Waals surface area contributed by atoms with Crippen LogP contribution in [0.2, 0.25) is 0 Å². The molecular weight excluding hydrogens is 440 g/mol. The Bertz CT molecular complexity index is 1340. The van der Waals surface area contributed by atoms with Crippen LogP contribution >= 0.6 is 0 Å².